The first kappa shape index (κ1) is 11.9. The third-order valence-electron chi connectivity index (χ3n) is 2.28. The van der Waals surface area contributed by atoms with Gasteiger partial charge in [-0.05, 0) is 56.1 Å². The van der Waals surface area contributed by atoms with Gasteiger partial charge < -0.3 is 5.32 Å². The van der Waals surface area contributed by atoms with E-state index in [-0.39, 0.29) is 0 Å². The summed E-state index contributed by atoms with van der Waals surface area (Å²) in [7, 11) is 0. The molecule has 0 radical (unpaired) electrons. The molecule has 0 spiro atoms. The smallest absolute Gasteiger partial charge is 0.0973 e. The average Bonchev–Trinajstić information content (AvgIpc) is 2.20. The van der Waals surface area contributed by atoms with E-state index in [1.165, 1.54) is 5.75 Å². The molecule has 15 heavy (non-hydrogen) atoms. The van der Waals surface area contributed by atoms with Crippen molar-refractivity contribution in [3.63, 3.8) is 0 Å². The van der Waals surface area contributed by atoms with E-state index in [1.807, 2.05) is 24.0 Å². The number of nitrogens with one attached hydrogen (secondary N) is 1. The summed E-state index contributed by atoms with van der Waals surface area (Å²) < 4.78 is 2.07. The Morgan fingerprint density at radius 2 is 2.33 bits per heavy atom. The summed E-state index contributed by atoms with van der Waals surface area (Å²) in [4.78, 5) is 4.45. The van der Waals surface area contributed by atoms with Crippen molar-refractivity contribution in [2.45, 2.75) is 12.3 Å². The average molecular weight is 352 g/mol. The third kappa shape index (κ3) is 2.96. The summed E-state index contributed by atoms with van der Waals surface area (Å²) in [5, 5.41) is 3.82. The van der Waals surface area contributed by atoms with Gasteiger partial charge in [0.15, 0.2) is 0 Å². The zero-order valence-electron chi connectivity index (χ0n) is 8.34. The second-order valence-electron chi connectivity index (χ2n) is 3.75. The lowest BCUT2D eigenvalue weighted by atomic mass is 10.2. The van der Waals surface area contributed by atoms with E-state index in [4.69, 9.17) is 0 Å². The molecular formula is C10H12Br2N2S. The summed E-state index contributed by atoms with van der Waals surface area (Å²) in [6, 6.07) is 2.04. The molecule has 1 N–H and O–H groups in total. The molecule has 1 aromatic rings. The minimum absolute atomic E-state index is 0.323. The first-order chi connectivity index (χ1) is 7.16. The molecule has 82 valence electrons. The Balaban J connectivity index is 2.15. The number of pyridine rings is 1. The maximum atomic E-state index is 4.45. The molecule has 2 unspecified atom stereocenters. The van der Waals surface area contributed by atoms with Crippen LogP contribution in [0.2, 0.25) is 0 Å². The Bertz CT molecular complexity index is 351. The summed E-state index contributed by atoms with van der Waals surface area (Å²) >= 11 is 8.89. The largest absolute Gasteiger partial charge is 0.300 e. The summed E-state index contributed by atoms with van der Waals surface area (Å²) in [6.07, 6.45) is 1.85. The minimum Gasteiger partial charge on any atom is -0.300 e. The highest BCUT2D eigenvalue weighted by molar-refractivity contribution is 9.11. The van der Waals surface area contributed by atoms with Gasteiger partial charge in [-0.25, -0.2) is 0 Å². The van der Waals surface area contributed by atoms with Crippen molar-refractivity contribution in [1.82, 2.24) is 10.3 Å². The van der Waals surface area contributed by atoms with Gasteiger partial charge in [0.2, 0.25) is 0 Å². The molecule has 5 heteroatoms. The first-order valence-electron chi connectivity index (χ1n) is 4.82. The Kier molecular flexibility index (Phi) is 4.10. The normalized spacial score (nSPS) is 26.6. The minimum atomic E-state index is 0.323. The highest BCUT2D eigenvalue weighted by atomic mass is 79.9. The topological polar surface area (TPSA) is 24.9 Å². The Morgan fingerprint density at radius 3 is 2.93 bits per heavy atom. The van der Waals surface area contributed by atoms with Crippen molar-refractivity contribution in [1.29, 1.82) is 0 Å². The maximum absolute atomic E-state index is 4.45. The Labute approximate surface area is 111 Å². The van der Waals surface area contributed by atoms with Crippen molar-refractivity contribution in [3.8, 4) is 0 Å². The van der Waals surface area contributed by atoms with Crippen LogP contribution >= 0.6 is 43.6 Å². The molecule has 1 aliphatic rings. The quantitative estimate of drug-likeness (QED) is 0.837. The lowest BCUT2D eigenvalue weighted by Gasteiger charge is -2.27. The van der Waals surface area contributed by atoms with E-state index < -0.39 is 0 Å². The molecule has 2 heterocycles. The van der Waals surface area contributed by atoms with Crippen LogP contribution in [-0.4, -0.2) is 17.3 Å². The molecule has 0 aliphatic carbocycles. The van der Waals surface area contributed by atoms with Gasteiger partial charge in [-0.2, -0.15) is 0 Å². The number of halogens is 2. The van der Waals surface area contributed by atoms with Crippen LogP contribution in [0.3, 0.4) is 0 Å². The molecule has 1 aromatic heterocycles. The molecule has 1 saturated heterocycles. The number of hydrogen-bond acceptors (Lipinski definition) is 3. The van der Waals surface area contributed by atoms with Gasteiger partial charge in [-0.1, -0.05) is 6.92 Å². The van der Waals surface area contributed by atoms with Gasteiger partial charge >= 0.3 is 0 Å². The monoisotopic (exact) mass is 350 g/mol. The van der Waals surface area contributed by atoms with Crippen LogP contribution in [0.1, 0.15) is 18.0 Å². The summed E-state index contributed by atoms with van der Waals surface area (Å²) in [5.41, 5.74) is 1.09. The van der Waals surface area contributed by atoms with Crippen molar-refractivity contribution in [2.75, 3.05) is 12.3 Å². The predicted molar refractivity (Wildman–Crippen MR) is 72.0 cm³/mol. The van der Waals surface area contributed by atoms with E-state index in [0.717, 1.165) is 27.1 Å². The Morgan fingerprint density at radius 1 is 1.53 bits per heavy atom. The van der Waals surface area contributed by atoms with Gasteiger partial charge in [-0.3, -0.25) is 4.98 Å². The fourth-order valence-electron chi connectivity index (χ4n) is 1.48. The van der Waals surface area contributed by atoms with Gasteiger partial charge in [0.05, 0.1) is 11.1 Å². The standard InChI is InChI=1S/C10H12Br2N2S/c1-6-3-14-10(15-5-6)9-8(12)2-7(11)4-13-9/h2,4,6,10,14H,3,5H2,1H3. The van der Waals surface area contributed by atoms with Crippen LogP contribution in [0.5, 0.6) is 0 Å². The molecule has 2 atom stereocenters. The maximum Gasteiger partial charge on any atom is 0.0973 e. The van der Waals surface area contributed by atoms with Crippen LogP contribution in [0.15, 0.2) is 21.2 Å². The Hall–Kier alpha value is 0.420. The van der Waals surface area contributed by atoms with Crippen molar-refractivity contribution < 1.29 is 0 Å². The molecule has 0 bridgehead atoms. The van der Waals surface area contributed by atoms with Crippen LogP contribution < -0.4 is 5.32 Å². The summed E-state index contributed by atoms with van der Waals surface area (Å²) in [6.45, 7) is 3.34. The molecule has 2 rings (SSSR count). The second kappa shape index (κ2) is 5.17. The van der Waals surface area contributed by atoms with E-state index >= 15 is 0 Å². The molecular weight excluding hydrogens is 340 g/mol. The van der Waals surface area contributed by atoms with Crippen LogP contribution in [0.25, 0.3) is 0 Å². The fourth-order valence-corrected chi connectivity index (χ4v) is 4.05. The first-order valence-corrected chi connectivity index (χ1v) is 7.46. The molecule has 0 aromatic carbocycles. The van der Waals surface area contributed by atoms with Crippen LogP contribution in [0, 0.1) is 5.92 Å². The summed E-state index contributed by atoms with van der Waals surface area (Å²) in [5.74, 6) is 1.95. The lowest BCUT2D eigenvalue weighted by molar-refractivity contribution is 0.524. The molecule has 1 aliphatic heterocycles. The van der Waals surface area contributed by atoms with E-state index in [1.54, 1.807) is 0 Å². The van der Waals surface area contributed by atoms with Gasteiger partial charge in [-0.15, -0.1) is 11.8 Å². The number of aromatic nitrogens is 1. The lowest BCUT2D eigenvalue weighted by Crippen LogP contribution is -2.31. The number of hydrogen-bond donors (Lipinski definition) is 1. The highest BCUT2D eigenvalue weighted by Crippen LogP contribution is 2.34. The highest BCUT2D eigenvalue weighted by Gasteiger charge is 2.22. The van der Waals surface area contributed by atoms with Gasteiger partial charge in [0, 0.05) is 15.1 Å². The predicted octanol–water partition coefficient (Wildman–Crippen LogP) is 3.58. The molecule has 0 saturated carbocycles. The van der Waals surface area contributed by atoms with Crippen molar-refractivity contribution >= 4 is 43.6 Å². The molecule has 1 fully saturated rings. The zero-order chi connectivity index (χ0) is 10.8. The SMILES string of the molecule is CC1CNC(c2ncc(Br)cc2Br)SC1. The number of nitrogens with zero attached hydrogens (tertiary/aromatic N) is 1. The van der Waals surface area contributed by atoms with E-state index in [2.05, 4.69) is 49.1 Å². The number of thioether (sulfide) groups is 1. The van der Waals surface area contributed by atoms with Gasteiger partial charge in [0.25, 0.3) is 0 Å². The van der Waals surface area contributed by atoms with Crippen molar-refractivity contribution in [3.05, 3.63) is 26.9 Å². The third-order valence-corrected chi connectivity index (χ3v) is 4.84. The van der Waals surface area contributed by atoms with Gasteiger partial charge in [0.1, 0.15) is 0 Å². The van der Waals surface area contributed by atoms with E-state index in [0.29, 0.717) is 5.37 Å². The number of rotatable bonds is 1. The molecule has 2 nitrogen and oxygen atoms in total. The molecule has 0 amide bonds. The second-order valence-corrected chi connectivity index (χ2v) is 6.66. The van der Waals surface area contributed by atoms with Crippen LogP contribution in [-0.2, 0) is 0 Å². The zero-order valence-corrected chi connectivity index (χ0v) is 12.3. The van der Waals surface area contributed by atoms with Crippen molar-refractivity contribution in [2.24, 2.45) is 5.92 Å². The van der Waals surface area contributed by atoms with Crippen LogP contribution in [0.4, 0.5) is 0 Å². The fraction of sp³-hybridized carbons (Fsp3) is 0.500. The van der Waals surface area contributed by atoms with E-state index in [9.17, 15) is 0 Å².